The van der Waals surface area contributed by atoms with Crippen molar-refractivity contribution in [2.45, 2.75) is 70.7 Å². The van der Waals surface area contributed by atoms with Gasteiger partial charge in [-0.05, 0) is 56.9 Å². The number of aromatic nitrogens is 3. The number of nitrogens with zero attached hydrogens (tertiary/aromatic N) is 4. The van der Waals surface area contributed by atoms with Crippen LogP contribution >= 0.6 is 0 Å². The highest BCUT2D eigenvalue weighted by Crippen LogP contribution is 2.52. The first-order chi connectivity index (χ1) is 16.5. The number of hydrogen-bond donors (Lipinski definition) is 0. The Morgan fingerprint density at radius 1 is 1.15 bits per heavy atom. The lowest BCUT2D eigenvalue weighted by Gasteiger charge is -2.46. The lowest BCUT2D eigenvalue weighted by Crippen LogP contribution is -2.48. The number of benzene rings is 1. The van der Waals surface area contributed by atoms with Gasteiger partial charge in [0, 0.05) is 25.2 Å². The van der Waals surface area contributed by atoms with Gasteiger partial charge < -0.3 is 23.8 Å². The number of rotatable bonds is 7. The molecule has 1 atom stereocenters. The first-order valence-corrected chi connectivity index (χ1v) is 12.4. The highest BCUT2D eigenvalue weighted by molar-refractivity contribution is 5.92. The van der Waals surface area contributed by atoms with E-state index in [1.807, 2.05) is 18.7 Å². The summed E-state index contributed by atoms with van der Waals surface area (Å²) in [5.74, 6) is 1.49. The molecule has 0 radical (unpaired) electrons. The van der Waals surface area contributed by atoms with Crippen LogP contribution in [0.5, 0.6) is 11.5 Å². The highest BCUT2D eigenvalue weighted by atomic mass is 16.7. The molecule has 9 nitrogen and oxygen atoms in total. The summed E-state index contributed by atoms with van der Waals surface area (Å²) in [4.78, 5) is 15.6. The summed E-state index contributed by atoms with van der Waals surface area (Å²) in [7, 11) is 0. The van der Waals surface area contributed by atoms with Crippen LogP contribution in [0, 0.1) is 0 Å². The molecule has 1 fully saturated rings. The Bertz CT molecular complexity index is 1030. The van der Waals surface area contributed by atoms with Gasteiger partial charge in [0.05, 0.1) is 18.8 Å². The van der Waals surface area contributed by atoms with E-state index >= 15 is 0 Å². The summed E-state index contributed by atoms with van der Waals surface area (Å²) in [6.45, 7) is 9.17. The third-order valence-electron chi connectivity index (χ3n) is 7.30. The molecule has 5 rings (SSSR count). The van der Waals surface area contributed by atoms with Crippen molar-refractivity contribution in [3.63, 3.8) is 0 Å². The fourth-order valence-corrected chi connectivity index (χ4v) is 5.66. The van der Waals surface area contributed by atoms with Crippen LogP contribution in [0.15, 0.2) is 18.3 Å². The summed E-state index contributed by atoms with van der Waals surface area (Å²) in [5, 5.41) is 8.38. The minimum atomic E-state index is -0.421. The van der Waals surface area contributed by atoms with E-state index in [2.05, 4.69) is 29.4 Å². The number of amides is 1. The monoisotopic (exact) mass is 470 g/mol. The first kappa shape index (κ1) is 23.1. The molecule has 1 unspecified atom stereocenters. The maximum absolute atomic E-state index is 13.7. The summed E-state index contributed by atoms with van der Waals surface area (Å²) >= 11 is 0. The van der Waals surface area contributed by atoms with Gasteiger partial charge in [0.15, 0.2) is 23.5 Å². The third kappa shape index (κ3) is 4.15. The summed E-state index contributed by atoms with van der Waals surface area (Å²) in [5.41, 5.74) is 2.74. The van der Waals surface area contributed by atoms with Gasteiger partial charge in [-0.15, -0.1) is 5.10 Å². The molecule has 3 heterocycles. The van der Waals surface area contributed by atoms with E-state index in [9.17, 15) is 4.79 Å². The predicted octanol–water partition coefficient (Wildman–Crippen LogP) is 3.48. The van der Waals surface area contributed by atoms with E-state index in [-0.39, 0.29) is 17.4 Å². The van der Waals surface area contributed by atoms with Crippen molar-refractivity contribution in [3.8, 4) is 11.5 Å². The normalized spacial score (nSPS) is 20.7. The van der Waals surface area contributed by atoms with E-state index in [0.29, 0.717) is 45.2 Å². The van der Waals surface area contributed by atoms with Gasteiger partial charge in [0.2, 0.25) is 0 Å². The highest BCUT2D eigenvalue weighted by Gasteiger charge is 2.46. The Balaban J connectivity index is 1.42. The SMILES string of the molecule is CCOC(Cn1cc(C(=O)N2CC3(CCCC3)c3cc4c(cc3C2C)OCCO4)nn1)OCC. The Labute approximate surface area is 200 Å². The fourth-order valence-electron chi connectivity index (χ4n) is 5.66. The zero-order chi connectivity index (χ0) is 23.7. The third-order valence-corrected chi connectivity index (χ3v) is 7.30. The van der Waals surface area contributed by atoms with Gasteiger partial charge in [-0.3, -0.25) is 4.79 Å². The number of carbonyl (C=O) groups excluding carboxylic acids is 1. The summed E-state index contributed by atoms with van der Waals surface area (Å²) in [6.07, 6.45) is 5.73. The Hall–Kier alpha value is -2.65. The maximum Gasteiger partial charge on any atom is 0.276 e. The number of hydrogen-bond acceptors (Lipinski definition) is 7. The first-order valence-electron chi connectivity index (χ1n) is 12.4. The van der Waals surface area contributed by atoms with Gasteiger partial charge in [0.1, 0.15) is 13.2 Å². The molecule has 2 aromatic rings. The van der Waals surface area contributed by atoms with Gasteiger partial charge >= 0.3 is 0 Å². The van der Waals surface area contributed by atoms with Crippen molar-refractivity contribution in [2.24, 2.45) is 0 Å². The molecule has 0 bridgehead atoms. The van der Waals surface area contributed by atoms with Gasteiger partial charge in [-0.25, -0.2) is 4.68 Å². The number of carbonyl (C=O) groups is 1. The van der Waals surface area contributed by atoms with E-state index in [1.54, 1.807) is 10.9 Å². The van der Waals surface area contributed by atoms with Crippen LogP contribution in [-0.2, 0) is 21.4 Å². The van der Waals surface area contributed by atoms with Crippen LogP contribution in [0.2, 0.25) is 0 Å². The van der Waals surface area contributed by atoms with Crippen molar-refractivity contribution < 1.29 is 23.7 Å². The molecular formula is C25H34N4O5. The Morgan fingerprint density at radius 2 is 1.82 bits per heavy atom. The molecular weight excluding hydrogens is 436 g/mol. The van der Waals surface area contributed by atoms with Gasteiger partial charge in [-0.1, -0.05) is 18.1 Å². The van der Waals surface area contributed by atoms with Gasteiger partial charge in [-0.2, -0.15) is 0 Å². The number of ether oxygens (including phenoxy) is 4. The van der Waals surface area contributed by atoms with Crippen molar-refractivity contribution in [2.75, 3.05) is 33.0 Å². The van der Waals surface area contributed by atoms with Crippen molar-refractivity contribution in [3.05, 3.63) is 35.2 Å². The molecule has 1 spiro atoms. The second-order valence-electron chi connectivity index (χ2n) is 9.35. The van der Waals surface area contributed by atoms with Crippen LogP contribution in [0.25, 0.3) is 0 Å². The lowest BCUT2D eigenvalue weighted by molar-refractivity contribution is -0.145. The van der Waals surface area contributed by atoms with Crippen molar-refractivity contribution >= 4 is 5.91 Å². The van der Waals surface area contributed by atoms with Crippen molar-refractivity contribution in [1.29, 1.82) is 0 Å². The van der Waals surface area contributed by atoms with E-state index in [4.69, 9.17) is 18.9 Å². The van der Waals surface area contributed by atoms with Crippen LogP contribution < -0.4 is 9.47 Å². The van der Waals surface area contributed by atoms with Gasteiger partial charge in [0.25, 0.3) is 5.91 Å². The second-order valence-corrected chi connectivity index (χ2v) is 9.35. The zero-order valence-corrected chi connectivity index (χ0v) is 20.3. The topological polar surface area (TPSA) is 87.9 Å². The molecule has 34 heavy (non-hydrogen) atoms. The Kier molecular flexibility index (Phi) is 6.48. The minimum Gasteiger partial charge on any atom is -0.486 e. The zero-order valence-electron chi connectivity index (χ0n) is 20.3. The van der Waals surface area contributed by atoms with E-state index in [1.165, 1.54) is 5.56 Å². The molecule has 3 aliphatic rings. The predicted molar refractivity (Wildman–Crippen MR) is 124 cm³/mol. The minimum absolute atomic E-state index is 0.0572. The second kappa shape index (κ2) is 9.54. The van der Waals surface area contributed by atoms with E-state index < -0.39 is 6.29 Å². The molecule has 1 amide bonds. The average Bonchev–Trinajstić information content (AvgIpc) is 3.51. The molecule has 0 saturated heterocycles. The maximum atomic E-state index is 13.7. The van der Waals surface area contributed by atoms with Crippen LogP contribution in [0.1, 0.15) is 74.1 Å². The standard InChI is InChI=1S/C25H34N4O5/c1-4-31-23(32-5-2)15-28-14-20(26-27-28)24(30)29-16-25(8-6-7-9-25)19-13-22-21(33-10-11-34-22)12-18(19)17(29)3/h12-14,17,23H,4-11,15-16H2,1-3H3. The Morgan fingerprint density at radius 3 is 2.50 bits per heavy atom. The molecule has 9 heteroatoms. The molecule has 0 N–H and O–H groups in total. The quantitative estimate of drug-likeness (QED) is 0.573. The molecule has 184 valence electrons. The summed E-state index contributed by atoms with van der Waals surface area (Å²) in [6, 6.07) is 4.15. The molecule has 2 aliphatic heterocycles. The largest absolute Gasteiger partial charge is 0.486 e. The smallest absolute Gasteiger partial charge is 0.276 e. The average molecular weight is 471 g/mol. The van der Waals surface area contributed by atoms with E-state index in [0.717, 1.165) is 42.7 Å². The molecule has 1 aliphatic carbocycles. The molecule has 1 saturated carbocycles. The molecule has 1 aromatic heterocycles. The van der Waals surface area contributed by atoms with Crippen LogP contribution in [-0.4, -0.2) is 65.1 Å². The lowest BCUT2D eigenvalue weighted by atomic mass is 9.71. The number of fused-ring (bicyclic) bond motifs is 3. The van der Waals surface area contributed by atoms with Crippen LogP contribution in [0.3, 0.4) is 0 Å². The molecule has 1 aromatic carbocycles. The van der Waals surface area contributed by atoms with Crippen molar-refractivity contribution in [1.82, 2.24) is 19.9 Å². The van der Waals surface area contributed by atoms with Crippen LogP contribution in [0.4, 0.5) is 0 Å². The summed E-state index contributed by atoms with van der Waals surface area (Å²) < 4.78 is 24.6. The fraction of sp³-hybridized carbons (Fsp3) is 0.640.